The second kappa shape index (κ2) is 9.22. The van der Waals surface area contributed by atoms with Crippen LogP contribution in [0.25, 0.3) is 11.1 Å². The highest BCUT2D eigenvalue weighted by Crippen LogP contribution is 2.25. The second-order valence-corrected chi connectivity index (χ2v) is 8.08. The number of hydrogen-bond acceptors (Lipinski definition) is 3. The number of hydrogen-bond donors (Lipinski definition) is 1. The van der Waals surface area contributed by atoms with Crippen molar-refractivity contribution in [3.05, 3.63) is 84.2 Å². The van der Waals surface area contributed by atoms with E-state index in [1.165, 1.54) is 6.07 Å². The van der Waals surface area contributed by atoms with Crippen molar-refractivity contribution in [1.29, 1.82) is 0 Å². The van der Waals surface area contributed by atoms with E-state index in [0.29, 0.717) is 16.8 Å². The van der Waals surface area contributed by atoms with Gasteiger partial charge in [-0.05, 0) is 54.4 Å². The molecule has 1 heterocycles. The van der Waals surface area contributed by atoms with Crippen LogP contribution in [0.5, 0.6) is 0 Å². The minimum Gasteiger partial charge on any atom is -0.369 e. The van der Waals surface area contributed by atoms with Crippen LogP contribution in [0.15, 0.2) is 72.8 Å². The molecular formula is C26H26FN3O2. The highest BCUT2D eigenvalue weighted by Gasteiger charge is 2.27. The van der Waals surface area contributed by atoms with Gasteiger partial charge in [-0.1, -0.05) is 30.3 Å². The molecule has 0 aromatic heterocycles. The molecule has 0 spiro atoms. The van der Waals surface area contributed by atoms with E-state index in [-0.39, 0.29) is 23.7 Å². The van der Waals surface area contributed by atoms with Crippen molar-refractivity contribution in [1.82, 2.24) is 4.90 Å². The van der Waals surface area contributed by atoms with Crippen LogP contribution in [0, 0.1) is 5.82 Å². The number of anilines is 2. The van der Waals surface area contributed by atoms with Gasteiger partial charge in [-0.2, -0.15) is 0 Å². The van der Waals surface area contributed by atoms with Crippen molar-refractivity contribution in [2.45, 2.75) is 19.4 Å². The zero-order chi connectivity index (χ0) is 22.7. The number of benzene rings is 3. The molecule has 1 saturated heterocycles. The number of nitrogens with one attached hydrogen (secondary N) is 1. The number of likely N-dealkylation sites (N-methyl/N-ethyl adjacent to an activating group) is 1. The number of halogens is 1. The third-order valence-electron chi connectivity index (χ3n) is 6.03. The minimum atomic E-state index is -0.290. The molecule has 1 atom stereocenters. The van der Waals surface area contributed by atoms with Gasteiger partial charge in [0, 0.05) is 49.6 Å². The molecule has 0 aliphatic carbocycles. The lowest BCUT2D eigenvalue weighted by Crippen LogP contribution is -2.37. The van der Waals surface area contributed by atoms with Gasteiger partial charge in [0.25, 0.3) is 5.91 Å². The summed E-state index contributed by atoms with van der Waals surface area (Å²) in [6.45, 7) is 3.28. The third-order valence-corrected chi connectivity index (χ3v) is 6.03. The molecule has 5 nitrogen and oxygen atoms in total. The minimum absolute atomic E-state index is 0.0804. The maximum Gasteiger partial charge on any atom is 0.255 e. The van der Waals surface area contributed by atoms with Crippen LogP contribution < -0.4 is 10.2 Å². The maximum atomic E-state index is 14.0. The van der Waals surface area contributed by atoms with Gasteiger partial charge in [-0.15, -0.1) is 0 Å². The molecule has 3 aromatic rings. The van der Waals surface area contributed by atoms with Crippen LogP contribution in [0.2, 0.25) is 0 Å². The molecule has 6 heteroatoms. The number of carbonyl (C=O) groups is 2. The van der Waals surface area contributed by atoms with E-state index in [9.17, 15) is 14.0 Å². The van der Waals surface area contributed by atoms with Crippen molar-refractivity contribution in [2.75, 3.05) is 30.4 Å². The molecule has 164 valence electrons. The van der Waals surface area contributed by atoms with E-state index in [2.05, 4.69) is 10.2 Å². The predicted molar refractivity (Wildman–Crippen MR) is 125 cm³/mol. The fourth-order valence-electron chi connectivity index (χ4n) is 4.00. The summed E-state index contributed by atoms with van der Waals surface area (Å²) < 4.78 is 14.0. The molecule has 1 aliphatic rings. The summed E-state index contributed by atoms with van der Waals surface area (Å²) in [7, 11) is 1.85. The average Bonchev–Trinajstić information content (AvgIpc) is 3.29. The van der Waals surface area contributed by atoms with Gasteiger partial charge in [0.15, 0.2) is 0 Å². The lowest BCUT2D eigenvalue weighted by atomic mass is 10.0. The summed E-state index contributed by atoms with van der Waals surface area (Å²) in [5.74, 6) is -0.430. The van der Waals surface area contributed by atoms with E-state index >= 15 is 0 Å². The quantitative estimate of drug-likeness (QED) is 0.631. The number of rotatable bonds is 5. The summed E-state index contributed by atoms with van der Waals surface area (Å²) in [6, 6.07) is 21.4. The Bertz CT molecular complexity index is 1110. The first-order valence-corrected chi connectivity index (χ1v) is 10.7. The number of carbonyl (C=O) groups excluding carboxylic acids is 2. The van der Waals surface area contributed by atoms with Gasteiger partial charge in [-0.25, -0.2) is 4.39 Å². The van der Waals surface area contributed by atoms with Crippen molar-refractivity contribution >= 4 is 23.2 Å². The van der Waals surface area contributed by atoms with E-state index in [1.54, 1.807) is 54.3 Å². The van der Waals surface area contributed by atoms with Gasteiger partial charge in [0.05, 0.1) is 6.04 Å². The molecule has 1 unspecified atom stereocenters. The SMILES string of the molecule is CC(=O)N(C)C1CCN(c2ccc(NC(=O)c3ccc(-c4ccccc4F)cc3)cc2)C1. The lowest BCUT2D eigenvalue weighted by molar-refractivity contribution is -0.129. The normalized spacial score (nSPS) is 15.5. The van der Waals surface area contributed by atoms with E-state index in [1.807, 2.05) is 31.3 Å². The van der Waals surface area contributed by atoms with E-state index in [0.717, 1.165) is 30.8 Å². The third kappa shape index (κ3) is 4.64. The van der Waals surface area contributed by atoms with Crippen LogP contribution in [0.1, 0.15) is 23.7 Å². The van der Waals surface area contributed by atoms with Crippen molar-refractivity contribution in [3.63, 3.8) is 0 Å². The van der Waals surface area contributed by atoms with Crippen LogP contribution >= 0.6 is 0 Å². The molecule has 32 heavy (non-hydrogen) atoms. The highest BCUT2D eigenvalue weighted by molar-refractivity contribution is 6.04. The van der Waals surface area contributed by atoms with Crippen molar-refractivity contribution in [2.24, 2.45) is 0 Å². The molecular weight excluding hydrogens is 405 g/mol. The van der Waals surface area contributed by atoms with Gasteiger partial charge in [0.1, 0.15) is 5.82 Å². The summed E-state index contributed by atoms with van der Waals surface area (Å²) in [4.78, 5) is 28.3. The Hall–Kier alpha value is -3.67. The van der Waals surface area contributed by atoms with Crippen molar-refractivity contribution < 1.29 is 14.0 Å². The standard InChI is InChI=1S/C26H26FN3O2/c1-18(31)29(2)23-15-16-30(17-23)22-13-11-21(12-14-22)28-26(32)20-9-7-19(8-10-20)24-5-3-4-6-25(24)27/h3-14,23H,15-17H2,1-2H3,(H,28,32). The van der Waals surface area contributed by atoms with E-state index in [4.69, 9.17) is 0 Å². The molecule has 1 N–H and O–H groups in total. The number of amides is 2. The Morgan fingerprint density at radius 1 is 1.00 bits per heavy atom. The monoisotopic (exact) mass is 431 g/mol. The predicted octanol–water partition coefficient (Wildman–Crippen LogP) is 4.80. The smallest absolute Gasteiger partial charge is 0.255 e. The second-order valence-electron chi connectivity index (χ2n) is 8.08. The molecule has 1 aliphatic heterocycles. The maximum absolute atomic E-state index is 14.0. The topological polar surface area (TPSA) is 52.7 Å². The molecule has 1 fully saturated rings. The summed E-state index contributed by atoms with van der Waals surface area (Å²) in [5, 5.41) is 2.90. The first-order valence-electron chi connectivity index (χ1n) is 10.7. The summed E-state index contributed by atoms with van der Waals surface area (Å²) in [6.07, 6.45) is 0.942. The fraction of sp³-hybridized carbons (Fsp3) is 0.231. The summed E-state index contributed by atoms with van der Waals surface area (Å²) in [5.41, 5.74) is 3.51. The van der Waals surface area contributed by atoms with Crippen molar-refractivity contribution in [3.8, 4) is 11.1 Å². The van der Waals surface area contributed by atoms with Crippen LogP contribution in [-0.4, -0.2) is 42.9 Å². The molecule has 0 saturated carbocycles. The van der Waals surface area contributed by atoms with Gasteiger partial charge >= 0.3 is 0 Å². The fourth-order valence-corrected chi connectivity index (χ4v) is 4.00. The van der Waals surface area contributed by atoms with Crippen LogP contribution in [0.3, 0.4) is 0 Å². The Kier molecular flexibility index (Phi) is 6.21. The lowest BCUT2D eigenvalue weighted by Gasteiger charge is -2.24. The van der Waals surface area contributed by atoms with Crippen LogP contribution in [-0.2, 0) is 4.79 Å². The highest BCUT2D eigenvalue weighted by atomic mass is 19.1. The molecule has 4 rings (SSSR count). The van der Waals surface area contributed by atoms with Gasteiger partial charge in [0.2, 0.25) is 5.91 Å². The molecule has 2 amide bonds. The van der Waals surface area contributed by atoms with Gasteiger partial charge in [-0.3, -0.25) is 9.59 Å². The summed E-state index contributed by atoms with van der Waals surface area (Å²) >= 11 is 0. The van der Waals surface area contributed by atoms with Gasteiger partial charge < -0.3 is 15.1 Å². The van der Waals surface area contributed by atoms with E-state index < -0.39 is 0 Å². The number of nitrogens with zero attached hydrogens (tertiary/aromatic N) is 2. The molecule has 0 radical (unpaired) electrons. The first-order chi connectivity index (χ1) is 15.4. The zero-order valence-corrected chi connectivity index (χ0v) is 18.2. The Morgan fingerprint density at radius 3 is 2.34 bits per heavy atom. The Morgan fingerprint density at radius 2 is 1.69 bits per heavy atom. The first kappa shape index (κ1) is 21.6. The average molecular weight is 432 g/mol. The zero-order valence-electron chi connectivity index (χ0n) is 18.2. The molecule has 0 bridgehead atoms. The molecule has 3 aromatic carbocycles. The largest absolute Gasteiger partial charge is 0.369 e. The Labute approximate surface area is 187 Å². The Balaban J connectivity index is 1.38. The van der Waals surface area contributed by atoms with Crippen LogP contribution in [0.4, 0.5) is 15.8 Å².